The molecule has 1 saturated heterocycles. The van der Waals surface area contributed by atoms with E-state index in [1.54, 1.807) is 29.2 Å². The monoisotopic (exact) mass is 420 g/mol. The second-order valence-corrected chi connectivity index (χ2v) is 8.47. The molecule has 2 N–H and O–H groups in total. The van der Waals surface area contributed by atoms with Gasteiger partial charge in [0.1, 0.15) is 0 Å². The van der Waals surface area contributed by atoms with Gasteiger partial charge in [-0.25, -0.2) is 4.79 Å². The lowest BCUT2D eigenvalue weighted by Gasteiger charge is -2.34. The normalized spacial score (nSPS) is 20.1. The third kappa shape index (κ3) is 3.71. The van der Waals surface area contributed by atoms with Gasteiger partial charge in [-0.2, -0.15) is 0 Å². The second kappa shape index (κ2) is 7.98. The van der Waals surface area contributed by atoms with E-state index in [0.29, 0.717) is 30.5 Å². The number of nitrogen functional groups attached to an aromatic ring is 1. The Morgan fingerprint density at radius 3 is 2.23 bits per heavy atom. The molecule has 0 aromatic heterocycles. The van der Waals surface area contributed by atoms with Crippen LogP contribution in [0.25, 0.3) is 0 Å². The van der Waals surface area contributed by atoms with E-state index in [2.05, 4.69) is 13.8 Å². The van der Waals surface area contributed by atoms with Crippen molar-refractivity contribution < 1.29 is 23.9 Å². The highest BCUT2D eigenvalue weighted by molar-refractivity contribution is 6.30. The van der Waals surface area contributed by atoms with Crippen LogP contribution in [0, 0.1) is 11.8 Å². The van der Waals surface area contributed by atoms with E-state index in [9.17, 15) is 19.2 Å². The number of hydrogen-bond acceptors (Lipinski definition) is 6. The molecule has 0 unspecified atom stereocenters. The molecular weight excluding hydrogens is 396 g/mol. The lowest BCUT2D eigenvalue weighted by Crippen LogP contribution is -2.44. The molecule has 0 spiro atoms. The van der Waals surface area contributed by atoms with E-state index in [4.69, 9.17) is 10.5 Å². The van der Waals surface area contributed by atoms with Crippen molar-refractivity contribution in [3.8, 4) is 0 Å². The summed E-state index contributed by atoms with van der Waals surface area (Å²) in [5.41, 5.74) is 6.71. The summed E-state index contributed by atoms with van der Waals surface area (Å²) in [6.45, 7) is 5.05. The van der Waals surface area contributed by atoms with Crippen molar-refractivity contribution in [2.75, 3.05) is 25.4 Å². The minimum Gasteiger partial charge on any atom is -0.452 e. The molecule has 1 fully saturated rings. The summed E-state index contributed by atoms with van der Waals surface area (Å²) in [7, 11) is 0. The number of ketones is 2. The Hall–Kier alpha value is -3.48. The number of anilines is 1. The van der Waals surface area contributed by atoms with Crippen molar-refractivity contribution in [2.24, 2.45) is 11.8 Å². The molecule has 0 radical (unpaired) electrons. The zero-order valence-electron chi connectivity index (χ0n) is 17.5. The number of hydrogen-bond donors (Lipinski definition) is 1. The zero-order chi connectivity index (χ0) is 22.3. The Kier molecular flexibility index (Phi) is 5.35. The number of fused-ring (bicyclic) bond motifs is 2. The minimum atomic E-state index is -0.800. The number of carbonyl (C=O) groups excluding carboxylic acids is 4. The highest BCUT2D eigenvalue weighted by Gasteiger charge is 2.33. The molecule has 160 valence electrons. The lowest BCUT2D eigenvalue weighted by atomic mass is 9.82. The van der Waals surface area contributed by atoms with Crippen LogP contribution < -0.4 is 5.73 Å². The quantitative estimate of drug-likeness (QED) is 0.516. The van der Waals surface area contributed by atoms with E-state index >= 15 is 0 Å². The van der Waals surface area contributed by atoms with Gasteiger partial charge in [-0.3, -0.25) is 14.4 Å². The van der Waals surface area contributed by atoms with Gasteiger partial charge in [0, 0.05) is 29.8 Å². The van der Waals surface area contributed by atoms with E-state index < -0.39 is 18.4 Å². The van der Waals surface area contributed by atoms with E-state index in [1.165, 1.54) is 12.1 Å². The number of benzene rings is 2. The Bertz CT molecular complexity index is 1100. The summed E-state index contributed by atoms with van der Waals surface area (Å²) >= 11 is 0. The molecule has 7 nitrogen and oxygen atoms in total. The molecular formula is C24H24N2O5. The van der Waals surface area contributed by atoms with Gasteiger partial charge in [-0.15, -0.1) is 0 Å². The van der Waals surface area contributed by atoms with Crippen LogP contribution in [0.2, 0.25) is 0 Å². The SMILES string of the molecule is C[C@@H]1C[C@@H](C)CN(C(=O)COC(=O)c2ccc3c(c2N)C(=O)c2ccccc2C3=O)C1. The predicted molar refractivity (Wildman–Crippen MR) is 114 cm³/mol. The van der Waals surface area contributed by atoms with Gasteiger partial charge >= 0.3 is 5.97 Å². The summed E-state index contributed by atoms with van der Waals surface area (Å²) in [5, 5.41) is 0. The van der Waals surface area contributed by atoms with Crippen LogP contribution in [0.1, 0.15) is 62.5 Å². The third-order valence-electron chi connectivity index (χ3n) is 5.90. The first kappa shape index (κ1) is 20.8. The van der Waals surface area contributed by atoms with Crippen LogP contribution in [0.4, 0.5) is 5.69 Å². The average molecular weight is 420 g/mol. The summed E-state index contributed by atoms with van der Waals surface area (Å²) in [6.07, 6.45) is 1.06. The van der Waals surface area contributed by atoms with Crippen LogP contribution in [0.5, 0.6) is 0 Å². The van der Waals surface area contributed by atoms with Gasteiger partial charge < -0.3 is 15.4 Å². The predicted octanol–water partition coefficient (Wildman–Crippen LogP) is 2.71. The summed E-state index contributed by atoms with van der Waals surface area (Å²) < 4.78 is 5.21. The van der Waals surface area contributed by atoms with Crippen molar-refractivity contribution in [3.63, 3.8) is 0 Å². The highest BCUT2D eigenvalue weighted by atomic mass is 16.5. The van der Waals surface area contributed by atoms with Crippen LogP contribution in [-0.2, 0) is 9.53 Å². The molecule has 1 amide bonds. The first-order valence-corrected chi connectivity index (χ1v) is 10.3. The molecule has 0 bridgehead atoms. The van der Waals surface area contributed by atoms with E-state index in [1.807, 2.05) is 0 Å². The largest absolute Gasteiger partial charge is 0.452 e. The number of likely N-dealkylation sites (tertiary alicyclic amines) is 1. The fourth-order valence-electron chi connectivity index (χ4n) is 4.55. The fourth-order valence-corrected chi connectivity index (χ4v) is 4.55. The highest BCUT2D eigenvalue weighted by Crippen LogP contribution is 2.33. The zero-order valence-corrected chi connectivity index (χ0v) is 17.5. The van der Waals surface area contributed by atoms with Crippen molar-refractivity contribution in [1.29, 1.82) is 0 Å². The molecule has 7 heteroatoms. The van der Waals surface area contributed by atoms with Gasteiger partial charge in [0.15, 0.2) is 18.2 Å². The number of carbonyl (C=O) groups is 4. The molecule has 0 saturated carbocycles. The van der Waals surface area contributed by atoms with E-state index in [0.717, 1.165) is 6.42 Å². The summed E-state index contributed by atoms with van der Waals surface area (Å²) in [5.74, 6) is -1.00. The molecule has 1 aliphatic carbocycles. The van der Waals surface area contributed by atoms with Crippen molar-refractivity contribution in [3.05, 3.63) is 64.2 Å². The number of piperidine rings is 1. The maximum absolute atomic E-state index is 12.9. The average Bonchev–Trinajstić information content (AvgIpc) is 2.74. The first-order valence-electron chi connectivity index (χ1n) is 10.3. The Labute approximate surface area is 180 Å². The maximum atomic E-state index is 12.9. The molecule has 31 heavy (non-hydrogen) atoms. The Morgan fingerprint density at radius 2 is 1.58 bits per heavy atom. The number of nitrogens with zero attached hydrogens (tertiary/aromatic N) is 1. The van der Waals surface area contributed by atoms with Gasteiger partial charge in [-0.1, -0.05) is 38.1 Å². The van der Waals surface area contributed by atoms with Gasteiger partial charge in [0.25, 0.3) is 5.91 Å². The molecule has 2 aromatic rings. The molecule has 2 aliphatic rings. The third-order valence-corrected chi connectivity index (χ3v) is 5.90. The molecule has 4 rings (SSSR count). The fraction of sp³-hybridized carbons (Fsp3) is 0.333. The number of ether oxygens (including phenoxy) is 1. The van der Waals surface area contributed by atoms with Gasteiger partial charge in [0.05, 0.1) is 16.8 Å². The van der Waals surface area contributed by atoms with Crippen molar-refractivity contribution in [2.45, 2.75) is 20.3 Å². The topological polar surface area (TPSA) is 107 Å². The number of nitrogens with two attached hydrogens (primary N) is 1. The number of rotatable bonds is 3. The van der Waals surface area contributed by atoms with Crippen molar-refractivity contribution >= 4 is 29.1 Å². The van der Waals surface area contributed by atoms with E-state index in [-0.39, 0.29) is 39.6 Å². The summed E-state index contributed by atoms with van der Waals surface area (Å²) in [4.78, 5) is 52.5. The minimum absolute atomic E-state index is 0.00292. The lowest BCUT2D eigenvalue weighted by molar-refractivity contribution is -0.137. The Morgan fingerprint density at radius 1 is 0.968 bits per heavy atom. The maximum Gasteiger partial charge on any atom is 0.340 e. The number of amides is 1. The first-order chi connectivity index (χ1) is 14.8. The molecule has 2 aromatic carbocycles. The van der Waals surface area contributed by atoms with Gasteiger partial charge in [0.2, 0.25) is 0 Å². The molecule has 1 aliphatic heterocycles. The smallest absolute Gasteiger partial charge is 0.340 e. The second-order valence-electron chi connectivity index (χ2n) is 8.47. The number of esters is 1. The van der Waals surface area contributed by atoms with Crippen LogP contribution in [0.15, 0.2) is 36.4 Å². The molecule has 1 heterocycles. The van der Waals surface area contributed by atoms with Gasteiger partial charge in [-0.05, 0) is 30.4 Å². The standard InChI is InChI=1S/C24H24N2O5/c1-13-9-14(2)11-26(10-13)19(27)12-31-24(30)18-8-7-17-20(21(18)25)23(29)16-6-4-3-5-15(16)22(17)28/h3-8,13-14H,9-12,25H2,1-2H3/t13-,14-/m1/s1. The van der Waals surface area contributed by atoms with Crippen molar-refractivity contribution in [1.82, 2.24) is 4.90 Å². The molecule has 2 atom stereocenters. The summed E-state index contributed by atoms with van der Waals surface area (Å²) in [6, 6.07) is 9.27. The van der Waals surface area contributed by atoms with Crippen LogP contribution >= 0.6 is 0 Å². The van der Waals surface area contributed by atoms with Crippen LogP contribution in [-0.4, -0.2) is 48.0 Å². The Balaban J connectivity index is 1.53. The van der Waals surface area contributed by atoms with Crippen LogP contribution in [0.3, 0.4) is 0 Å².